The first-order valence-corrected chi connectivity index (χ1v) is 12.5. The molecule has 1 aromatic heterocycles. The summed E-state index contributed by atoms with van der Waals surface area (Å²) in [7, 11) is 1.33. The molecule has 0 aliphatic carbocycles. The molecule has 0 radical (unpaired) electrons. The van der Waals surface area contributed by atoms with E-state index in [0.29, 0.717) is 19.4 Å². The third-order valence-electron chi connectivity index (χ3n) is 5.59. The molecule has 1 saturated heterocycles. The molecule has 1 N–H and O–H groups in total. The highest BCUT2D eigenvalue weighted by Crippen LogP contribution is 2.30. The maximum atomic E-state index is 13.1. The monoisotopic (exact) mass is 560 g/mol. The number of pyridine rings is 1. The highest BCUT2D eigenvalue weighted by atomic mass is 19.4. The molecular weight excluding hydrogens is 525 g/mol. The van der Waals surface area contributed by atoms with Gasteiger partial charge in [-0.15, -0.1) is 0 Å². The molecule has 2 rings (SSSR count). The number of rotatable bonds is 10. The van der Waals surface area contributed by atoms with Crippen LogP contribution in [0.25, 0.3) is 0 Å². The molecule has 1 aliphatic heterocycles. The van der Waals surface area contributed by atoms with Crippen LogP contribution >= 0.6 is 0 Å². The van der Waals surface area contributed by atoms with E-state index in [2.05, 4.69) is 10.3 Å². The van der Waals surface area contributed by atoms with Crippen LogP contribution in [0.5, 0.6) is 11.5 Å². The molecular formula is C26H35F3N2O8. The third-order valence-corrected chi connectivity index (χ3v) is 5.59. The van der Waals surface area contributed by atoms with Gasteiger partial charge in [0.15, 0.2) is 11.4 Å². The van der Waals surface area contributed by atoms with Gasteiger partial charge in [-0.05, 0) is 32.1 Å². The summed E-state index contributed by atoms with van der Waals surface area (Å²) in [4.78, 5) is 41.7. The average molecular weight is 561 g/mol. The van der Waals surface area contributed by atoms with Crippen molar-refractivity contribution in [3.63, 3.8) is 0 Å². The Labute approximate surface area is 225 Å². The number of hydrogen-bond donors (Lipinski definition) is 1. The Bertz CT molecular complexity index is 1020. The second kappa shape index (κ2) is 14.8. The first-order chi connectivity index (χ1) is 18.3. The van der Waals surface area contributed by atoms with Gasteiger partial charge in [0.05, 0.1) is 19.8 Å². The topological polar surface area (TPSA) is 122 Å². The van der Waals surface area contributed by atoms with Gasteiger partial charge >= 0.3 is 18.1 Å². The Kier molecular flexibility index (Phi) is 12.2. The van der Waals surface area contributed by atoms with Gasteiger partial charge in [0, 0.05) is 31.9 Å². The predicted octanol–water partition coefficient (Wildman–Crippen LogP) is 3.77. The maximum Gasteiger partial charge on any atom is 0.409 e. The van der Waals surface area contributed by atoms with Crippen molar-refractivity contribution in [2.45, 2.75) is 77.5 Å². The normalized spacial score (nSPS) is 22.5. The number of allylic oxidation sites excluding steroid dienone is 1. The number of cyclic esters (lactones) is 1. The van der Waals surface area contributed by atoms with Gasteiger partial charge < -0.3 is 29.0 Å². The van der Waals surface area contributed by atoms with E-state index in [1.807, 2.05) is 13.8 Å². The number of carbonyl (C=O) groups is 3. The fourth-order valence-electron chi connectivity index (χ4n) is 3.88. The molecule has 39 heavy (non-hydrogen) atoms. The molecule has 2 heterocycles. The molecule has 13 heteroatoms. The summed E-state index contributed by atoms with van der Waals surface area (Å²) in [6, 6.07) is 0.319. The van der Waals surface area contributed by atoms with E-state index in [-0.39, 0.29) is 42.2 Å². The van der Waals surface area contributed by atoms with Crippen LogP contribution in [-0.4, -0.2) is 73.7 Å². The van der Waals surface area contributed by atoms with Crippen LogP contribution in [0.15, 0.2) is 24.4 Å². The number of methoxy groups -OCH3 is 1. The molecule has 0 bridgehead atoms. The number of esters is 2. The Morgan fingerprint density at radius 2 is 1.97 bits per heavy atom. The van der Waals surface area contributed by atoms with Crippen molar-refractivity contribution < 1.29 is 51.2 Å². The van der Waals surface area contributed by atoms with Gasteiger partial charge in [0.2, 0.25) is 5.75 Å². The molecule has 4 atom stereocenters. The maximum absolute atomic E-state index is 13.1. The van der Waals surface area contributed by atoms with Crippen LogP contribution in [0.4, 0.5) is 13.2 Å². The first-order valence-electron chi connectivity index (χ1n) is 12.5. The van der Waals surface area contributed by atoms with E-state index >= 15 is 0 Å². The smallest absolute Gasteiger partial charge is 0.409 e. The van der Waals surface area contributed by atoms with Crippen LogP contribution in [0.3, 0.4) is 0 Å². The number of carbonyl (C=O) groups excluding carboxylic acids is 3. The van der Waals surface area contributed by atoms with Crippen molar-refractivity contribution in [2.24, 2.45) is 5.92 Å². The van der Waals surface area contributed by atoms with Gasteiger partial charge in [-0.1, -0.05) is 19.9 Å². The van der Waals surface area contributed by atoms with Gasteiger partial charge in [0.25, 0.3) is 5.91 Å². The Morgan fingerprint density at radius 3 is 2.59 bits per heavy atom. The Balaban J connectivity index is 2.23. The molecule has 1 aliphatic rings. The zero-order valence-corrected chi connectivity index (χ0v) is 22.6. The SMILES string of the molecule is COc1ccnc(C(=O)N[C@H]2CCC[C@H](OCC(C)C)[C@@H](OCC=CC(F)(F)F)[C@H](C)OC2=O)c1OC(C)=O. The number of amides is 1. The zero-order valence-electron chi connectivity index (χ0n) is 22.6. The zero-order chi connectivity index (χ0) is 29.2. The summed E-state index contributed by atoms with van der Waals surface area (Å²) < 4.78 is 65.0. The summed E-state index contributed by atoms with van der Waals surface area (Å²) in [5, 5.41) is 2.57. The van der Waals surface area contributed by atoms with Gasteiger partial charge in [0.1, 0.15) is 18.2 Å². The van der Waals surface area contributed by atoms with Crippen LogP contribution in [0.1, 0.15) is 57.4 Å². The fraction of sp³-hybridized carbons (Fsp3) is 0.615. The summed E-state index contributed by atoms with van der Waals surface area (Å²) in [5.41, 5.74) is -0.263. The standard InChI is InChI=1S/C26H35F3N2O8/c1-15(2)14-37-20-9-6-8-18(25(34)38-16(3)22(20)36-13-7-11-26(27,28)29)31-24(33)21-23(39-17(4)32)19(35-5)10-12-30-21/h7,10-12,15-16,18,20,22H,6,8-9,13-14H2,1-5H3,(H,31,33)/t16-,18-,20-,22-/m0/s1. The van der Waals surface area contributed by atoms with Crippen LogP contribution in [0, 0.1) is 5.92 Å². The lowest BCUT2D eigenvalue weighted by Crippen LogP contribution is -2.46. The van der Waals surface area contributed by atoms with Crippen molar-refractivity contribution in [3.8, 4) is 11.5 Å². The molecule has 0 saturated carbocycles. The number of nitrogens with one attached hydrogen (secondary N) is 1. The highest BCUT2D eigenvalue weighted by Gasteiger charge is 2.36. The second-order valence-corrected chi connectivity index (χ2v) is 9.39. The average Bonchev–Trinajstić information content (AvgIpc) is 2.88. The summed E-state index contributed by atoms with van der Waals surface area (Å²) in [6.45, 7) is 6.60. The van der Waals surface area contributed by atoms with Crippen molar-refractivity contribution in [1.29, 1.82) is 0 Å². The minimum absolute atomic E-state index is 0.0745. The second-order valence-electron chi connectivity index (χ2n) is 9.39. The number of alkyl halides is 3. The van der Waals surface area contributed by atoms with Gasteiger partial charge in [-0.25, -0.2) is 9.78 Å². The highest BCUT2D eigenvalue weighted by molar-refractivity contribution is 5.98. The number of aromatic nitrogens is 1. The lowest BCUT2D eigenvalue weighted by molar-refractivity contribution is -0.167. The summed E-state index contributed by atoms with van der Waals surface area (Å²) >= 11 is 0. The van der Waals surface area contributed by atoms with E-state index in [4.69, 9.17) is 23.7 Å². The van der Waals surface area contributed by atoms with Gasteiger partial charge in [-0.2, -0.15) is 13.2 Å². The van der Waals surface area contributed by atoms with Crippen molar-refractivity contribution in [1.82, 2.24) is 10.3 Å². The van der Waals surface area contributed by atoms with Crippen LogP contribution < -0.4 is 14.8 Å². The quantitative estimate of drug-likeness (QED) is 0.337. The van der Waals surface area contributed by atoms with E-state index in [0.717, 1.165) is 13.0 Å². The lowest BCUT2D eigenvalue weighted by Gasteiger charge is -2.31. The van der Waals surface area contributed by atoms with Crippen molar-refractivity contribution in [3.05, 3.63) is 30.1 Å². The minimum atomic E-state index is -4.48. The minimum Gasteiger partial charge on any atom is -0.493 e. The van der Waals surface area contributed by atoms with E-state index in [1.165, 1.54) is 19.4 Å². The number of halogens is 3. The van der Waals surface area contributed by atoms with Crippen molar-refractivity contribution in [2.75, 3.05) is 20.3 Å². The number of nitrogens with zero attached hydrogens (tertiary/aromatic N) is 1. The largest absolute Gasteiger partial charge is 0.493 e. The molecule has 10 nitrogen and oxygen atoms in total. The van der Waals surface area contributed by atoms with Crippen LogP contribution in [0.2, 0.25) is 0 Å². The molecule has 0 unspecified atom stereocenters. The molecule has 218 valence electrons. The van der Waals surface area contributed by atoms with E-state index in [1.54, 1.807) is 6.92 Å². The molecule has 0 aromatic carbocycles. The third kappa shape index (κ3) is 10.5. The van der Waals surface area contributed by atoms with Crippen LogP contribution in [-0.2, 0) is 23.8 Å². The van der Waals surface area contributed by atoms with E-state index < -0.39 is 48.4 Å². The summed E-state index contributed by atoms with van der Waals surface area (Å²) in [6.07, 6.45) is -3.64. The number of hydrogen-bond acceptors (Lipinski definition) is 9. The van der Waals surface area contributed by atoms with E-state index in [9.17, 15) is 27.6 Å². The van der Waals surface area contributed by atoms with Gasteiger partial charge in [-0.3, -0.25) is 9.59 Å². The molecule has 1 amide bonds. The number of ether oxygens (including phenoxy) is 5. The predicted molar refractivity (Wildman–Crippen MR) is 132 cm³/mol. The molecule has 0 spiro atoms. The fourth-order valence-corrected chi connectivity index (χ4v) is 3.88. The molecule has 1 fully saturated rings. The summed E-state index contributed by atoms with van der Waals surface area (Å²) in [5.74, 6) is -2.18. The molecule has 1 aromatic rings. The Hall–Kier alpha value is -3.19. The first kappa shape index (κ1) is 32.0. The van der Waals surface area contributed by atoms with Crippen molar-refractivity contribution >= 4 is 17.8 Å². The Morgan fingerprint density at radius 1 is 1.26 bits per heavy atom. The lowest BCUT2D eigenvalue weighted by atomic mass is 10.0.